The van der Waals surface area contributed by atoms with E-state index in [1.54, 1.807) is 22.7 Å². The molecular formula is C20H23N3OS2. The minimum Gasteiger partial charge on any atom is -0.354 e. The van der Waals surface area contributed by atoms with Crippen molar-refractivity contribution in [2.75, 3.05) is 19.6 Å². The number of benzene rings is 1. The van der Waals surface area contributed by atoms with E-state index in [4.69, 9.17) is 0 Å². The SMILES string of the molecule is O=C(CCc1nc2ccccc2s1)NC[C@H](c1cccs1)N1CCCC1. The normalized spacial score (nSPS) is 16.2. The minimum absolute atomic E-state index is 0.116. The Labute approximate surface area is 161 Å². The second-order valence-corrected chi connectivity index (χ2v) is 8.75. The molecule has 1 saturated heterocycles. The zero-order chi connectivity index (χ0) is 17.8. The number of hydrogen-bond acceptors (Lipinski definition) is 5. The molecule has 26 heavy (non-hydrogen) atoms. The first-order valence-electron chi connectivity index (χ1n) is 9.18. The summed E-state index contributed by atoms with van der Waals surface area (Å²) in [4.78, 5) is 20.8. The van der Waals surface area contributed by atoms with Gasteiger partial charge in [0.05, 0.1) is 21.3 Å². The summed E-state index contributed by atoms with van der Waals surface area (Å²) < 4.78 is 1.19. The zero-order valence-electron chi connectivity index (χ0n) is 14.7. The highest BCUT2D eigenvalue weighted by atomic mass is 32.1. The fourth-order valence-electron chi connectivity index (χ4n) is 3.49. The van der Waals surface area contributed by atoms with E-state index in [0.717, 1.165) is 23.6 Å². The Kier molecular flexibility index (Phi) is 5.62. The molecule has 6 heteroatoms. The summed E-state index contributed by atoms with van der Waals surface area (Å²) in [6, 6.07) is 12.7. The van der Waals surface area contributed by atoms with Crippen LogP contribution in [0, 0.1) is 0 Å². The van der Waals surface area contributed by atoms with Crippen LogP contribution in [0.25, 0.3) is 10.2 Å². The summed E-state index contributed by atoms with van der Waals surface area (Å²) in [5.41, 5.74) is 1.03. The van der Waals surface area contributed by atoms with Crippen LogP contribution in [0.1, 0.15) is 35.2 Å². The third-order valence-corrected chi connectivity index (χ3v) is 6.92. The number of para-hydroxylation sites is 1. The minimum atomic E-state index is 0.116. The summed E-state index contributed by atoms with van der Waals surface area (Å²) >= 11 is 3.47. The highest BCUT2D eigenvalue weighted by Gasteiger charge is 2.24. The molecule has 3 heterocycles. The Morgan fingerprint density at radius 3 is 2.81 bits per heavy atom. The lowest BCUT2D eigenvalue weighted by Gasteiger charge is -2.26. The Balaban J connectivity index is 1.32. The van der Waals surface area contributed by atoms with Gasteiger partial charge in [-0.05, 0) is 49.5 Å². The van der Waals surface area contributed by atoms with E-state index in [1.807, 2.05) is 18.2 Å². The van der Waals surface area contributed by atoms with Gasteiger partial charge in [-0.25, -0.2) is 4.98 Å². The molecule has 1 aliphatic rings. The van der Waals surface area contributed by atoms with Crippen molar-refractivity contribution < 1.29 is 4.79 Å². The summed E-state index contributed by atoms with van der Waals surface area (Å²) in [5.74, 6) is 0.116. The monoisotopic (exact) mass is 385 g/mol. The van der Waals surface area contributed by atoms with Gasteiger partial charge in [-0.1, -0.05) is 18.2 Å². The van der Waals surface area contributed by atoms with Gasteiger partial charge >= 0.3 is 0 Å². The van der Waals surface area contributed by atoms with E-state index in [-0.39, 0.29) is 5.91 Å². The lowest BCUT2D eigenvalue weighted by molar-refractivity contribution is -0.121. The molecule has 1 atom stereocenters. The first-order valence-corrected chi connectivity index (χ1v) is 10.9. The Morgan fingerprint density at radius 1 is 1.19 bits per heavy atom. The molecule has 0 saturated carbocycles. The van der Waals surface area contributed by atoms with Gasteiger partial charge in [0.2, 0.25) is 5.91 Å². The molecular weight excluding hydrogens is 362 g/mol. The number of amides is 1. The van der Waals surface area contributed by atoms with Crippen molar-refractivity contribution >= 4 is 38.8 Å². The van der Waals surface area contributed by atoms with Crippen LogP contribution in [-0.4, -0.2) is 35.4 Å². The number of likely N-dealkylation sites (tertiary alicyclic amines) is 1. The van der Waals surface area contributed by atoms with Crippen LogP contribution in [0.4, 0.5) is 0 Å². The van der Waals surface area contributed by atoms with Crippen molar-refractivity contribution in [2.24, 2.45) is 0 Å². The Morgan fingerprint density at radius 2 is 2.04 bits per heavy atom. The van der Waals surface area contributed by atoms with Crippen LogP contribution < -0.4 is 5.32 Å². The number of nitrogens with one attached hydrogen (secondary N) is 1. The third kappa shape index (κ3) is 4.14. The van der Waals surface area contributed by atoms with Gasteiger partial charge in [0.15, 0.2) is 0 Å². The number of hydrogen-bond donors (Lipinski definition) is 1. The number of thiophene rings is 1. The molecule has 3 aromatic rings. The molecule has 1 N–H and O–H groups in total. The topological polar surface area (TPSA) is 45.2 Å². The second-order valence-electron chi connectivity index (χ2n) is 6.65. The van der Waals surface area contributed by atoms with E-state index >= 15 is 0 Å². The maximum absolute atomic E-state index is 12.4. The molecule has 0 bridgehead atoms. The fourth-order valence-corrected chi connectivity index (χ4v) is 5.32. The summed E-state index contributed by atoms with van der Waals surface area (Å²) in [5, 5.41) is 6.31. The molecule has 1 fully saturated rings. The molecule has 4 nitrogen and oxygen atoms in total. The maximum atomic E-state index is 12.4. The molecule has 1 aliphatic heterocycles. The first kappa shape index (κ1) is 17.6. The van der Waals surface area contributed by atoms with Crippen molar-refractivity contribution in [1.82, 2.24) is 15.2 Å². The molecule has 136 valence electrons. The largest absolute Gasteiger partial charge is 0.354 e. The van der Waals surface area contributed by atoms with Crippen LogP contribution >= 0.6 is 22.7 Å². The lowest BCUT2D eigenvalue weighted by Crippen LogP contribution is -2.36. The van der Waals surface area contributed by atoms with E-state index < -0.39 is 0 Å². The fraction of sp³-hybridized carbons (Fsp3) is 0.400. The van der Waals surface area contributed by atoms with Gasteiger partial charge in [0, 0.05) is 24.3 Å². The molecule has 4 rings (SSSR count). The average molecular weight is 386 g/mol. The molecule has 0 unspecified atom stereocenters. The van der Waals surface area contributed by atoms with Crippen LogP contribution in [0.3, 0.4) is 0 Å². The number of carbonyl (C=O) groups excluding carboxylic acids is 1. The van der Waals surface area contributed by atoms with Gasteiger partial charge < -0.3 is 5.32 Å². The van der Waals surface area contributed by atoms with E-state index in [1.165, 1.54) is 22.4 Å². The molecule has 0 spiro atoms. The first-order chi connectivity index (χ1) is 12.8. The van der Waals surface area contributed by atoms with E-state index in [0.29, 0.717) is 25.4 Å². The quantitative estimate of drug-likeness (QED) is 0.661. The number of rotatable bonds is 7. The molecule has 1 aromatic carbocycles. The zero-order valence-corrected chi connectivity index (χ0v) is 16.3. The standard InChI is InChI=1S/C20H23N3OS2/c24-19(9-10-20-22-15-6-1-2-7-17(15)26-20)21-14-16(18-8-5-13-25-18)23-11-3-4-12-23/h1-2,5-8,13,16H,3-4,9-12,14H2,(H,21,24)/t16-/m1/s1. The Hall–Kier alpha value is -1.76. The average Bonchev–Trinajstić information content (AvgIpc) is 3.40. The predicted molar refractivity (Wildman–Crippen MR) is 109 cm³/mol. The number of aromatic nitrogens is 1. The van der Waals surface area contributed by atoms with Gasteiger partial charge in [0.1, 0.15) is 0 Å². The van der Waals surface area contributed by atoms with Crippen molar-refractivity contribution in [1.29, 1.82) is 0 Å². The van der Waals surface area contributed by atoms with Crippen LogP contribution in [0.2, 0.25) is 0 Å². The van der Waals surface area contributed by atoms with Crippen LogP contribution in [-0.2, 0) is 11.2 Å². The molecule has 2 aromatic heterocycles. The van der Waals surface area contributed by atoms with E-state index in [9.17, 15) is 4.79 Å². The maximum Gasteiger partial charge on any atom is 0.220 e. The number of aryl methyl sites for hydroxylation is 1. The Bertz CT molecular complexity index is 820. The number of fused-ring (bicyclic) bond motifs is 1. The molecule has 0 aliphatic carbocycles. The predicted octanol–water partition coefficient (Wildman–Crippen LogP) is 4.24. The summed E-state index contributed by atoms with van der Waals surface area (Å²) in [7, 11) is 0. The van der Waals surface area contributed by atoms with Crippen molar-refractivity contribution in [2.45, 2.75) is 31.7 Å². The number of carbonyl (C=O) groups is 1. The number of thiazole rings is 1. The highest BCUT2D eigenvalue weighted by Crippen LogP contribution is 2.28. The molecule has 1 amide bonds. The molecule has 0 radical (unpaired) electrons. The highest BCUT2D eigenvalue weighted by molar-refractivity contribution is 7.18. The van der Waals surface area contributed by atoms with Gasteiger partial charge in [0.25, 0.3) is 0 Å². The van der Waals surface area contributed by atoms with Gasteiger partial charge in [-0.3, -0.25) is 9.69 Å². The van der Waals surface area contributed by atoms with Crippen LogP contribution in [0.5, 0.6) is 0 Å². The van der Waals surface area contributed by atoms with E-state index in [2.05, 4.69) is 38.8 Å². The third-order valence-electron chi connectivity index (χ3n) is 4.85. The van der Waals surface area contributed by atoms with Crippen molar-refractivity contribution in [3.8, 4) is 0 Å². The van der Waals surface area contributed by atoms with Gasteiger partial charge in [-0.15, -0.1) is 22.7 Å². The summed E-state index contributed by atoms with van der Waals surface area (Å²) in [6.07, 6.45) is 3.72. The smallest absolute Gasteiger partial charge is 0.220 e. The summed E-state index contributed by atoms with van der Waals surface area (Å²) in [6.45, 7) is 2.95. The van der Waals surface area contributed by atoms with Crippen molar-refractivity contribution in [3.05, 3.63) is 51.7 Å². The lowest BCUT2D eigenvalue weighted by atomic mass is 10.2. The second kappa shape index (κ2) is 8.29. The van der Waals surface area contributed by atoms with Gasteiger partial charge in [-0.2, -0.15) is 0 Å². The number of nitrogens with zero attached hydrogens (tertiary/aromatic N) is 2. The van der Waals surface area contributed by atoms with Crippen molar-refractivity contribution in [3.63, 3.8) is 0 Å². The van der Waals surface area contributed by atoms with Crippen LogP contribution in [0.15, 0.2) is 41.8 Å².